The van der Waals surface area contributed by atoms with Crippen LogP contribution < -0.4 is 0 Å². The van der Waals surface area contributed by atoms with Gasteiger partial charge in [-0.05, 0) is 94.5 Å². The Kier molecular flexibility index (Phi) is 6.24. The van der Waals surface area contributed by atoms with E-state index in [4.69, 9.17) is 4.99 Å². The fourth-order valence-electron chi connectivity index (χ4n) is 5.08. The zero-order valence-corrected chi connectivity index (χ0v) is 20.5. The summed E-state index contributed by atoms with van der Waals surface area (Å²) in [5.74, 6) is 0.987. The van der Waals surface area contributed by atoms with Crippen molar-refractivity contribution in [2.45, 2.75) is 58.4 Å². The van der Waals surface area contributed by atoms with E-state index < -0.39 is 0 Å². The lowest BCUT2D eigenvalue weighted by atomic mass is 9.89. The van der Waals surface area contributed by atoms with E-state index in [1.54, 1.807) is 0 Å². The Hall–Kier alpha value is -2.66. The average Bonchev–Trinajstić information content (AvgIpc) is 2.76. The number of piperidine rings is 1. The summed E-state index contributed by atoms with van der Waals surface area (Å²) in [5, 5.41) is 0. The van der Waals surface area contributed by atoms with Crippen LogP contribution >= 0.6 is 0 Å². The van der Waals surface area contributed by atoms with Crippen LogP contribution in [0.1, 0.15) is 52.4 Å². The molecule has 0 atom stereocenters. The highest BCUT2D eigenvalue weighted by Gasteiger charge is 2.35. The molecule has 0 bridgehead atoms. The van der Waals surface area contributed by atoms with Crippen molar-refractivity contribution in [2.24, 2.45) is 9.98 Å². The standard InChI is InChI=1S/C28H37N5/c1-20(2)21(3)15-25(29-4)26-16-27(22-9-8-10-22)33-19-23(11-12-28(33)30-26)32-17-24(18-32)31-13-6-5-7-14-31/h11-12,15-16,19,24H,1,5-10,13-14,17-18H2,2-4H3/b21-15+,29-25?. The summed E-state index contributed by atoms with van der Waals surface area (Å²) >= 11 is 0. The number of rotatable bonds is 5. The fourth-order valence-corrected chi connectivity index (χ4v) is 5.08. The molecule has 2 saturated heterocycles. The smallest absolute Gasteiger partial charge is 0.137 e. The third-order valence-electron chi connectivity index (χ3n) is 7.66. The maximum atomic E-state index is 5.01. The molecule has 3 fully saturated rings. The highest BCUT2D eigenvalue weighted by molar-refractivity contribution is 6.12. The minimum absolute atomic E-state index is 0.721. The number of aliphatic imine (C=N–C) groups is 2. The number of amidine groups is 1. The van der Waals surface area contributed by atoms with Crippen molar-refractivity contribution in [3.63, 3.8) is 0 Å². The average molecular weight is 444 g/mol. The molecule has 4 aliphatic heterocycles. The lowest BCUT2D eigenvalue weighted by molar-refractivity contribution is 0.0464. The van der Waals surface area contributed by atoms with Gasteiger partial charge < -0.3 is 4.90 Å². The van der Waals surface area contributed by atoms with Gasteiger partial charge in [0.15, 0.2) is 0 Å². The van der Waals surface area contributed by atoms with Crippen LogP contribution in [0.4, 0.5) is 0 Å². The van der Waals surface area contributed by atoms with Gasteiger partial charge in [0.25, 0.3) is 0 Å². The number of hydrogen-bond acceptors (Lipinski definition) is 5. The van der Waals surface area contributed by atoms with Crippen LogP contribution in [0.25, 0.3) is 0 Å². The van der Waals surface area contributed by atoms with Crippen molar-refractivity contribution in [3.8, 4) is 0 Å². The Morgan fingerprint density at radius 1 is 1.09 bits per heavy atom. The SMILES string of the molecule is C=C(C)/C(C)=C/C(=NC)C1=CC(=C2CCC2)N2C=C(N3CC(N4CCCCC4)C3)C=CC2=N1. The van der Waals surface area contributed by atoms with E-state index in [0.29, 0.717) is 0 Å². The summed E-state index contributed by atoms with van der Waals surface area (Å²) in [7, 11) is 1.85. The molecule has 5 aliphatic rings. The topological polar surface area (TPSA) is 34.4 Å². The van der Waals surface area contributed by atoms with Crippen molar-refractivity contribution < 1.29 is 0 Å². The predicted octanol–water partition coefficient (Wildman–Crippen LogP) is 5.20. The Bertz CT molecular complexity index is 1030. The van der Waals surface area contributed by atoms with Crippen LogP contribution in [-0.2, 0) is 0 Å². The highest BCUT2D eigenvalue weighted by atomic mass is 15.3. The lowest BCUT2D eigenvalue weighted by Crippen LogP contribution is -2.59. The van der Waals surface area contributed by atoms with Gasteiger partial charge in [-0.2, -0.15) is 0 Å². The van der Waals surface area contributed by atoms with Crippen molar-refractivity contribution in [3.05, 3.63) is 70.9 Å². The second kappa shape index (κ2) is 9.30. The van der Waals surface area contributed by atoms with Crippen molar-refractivity contribution in [1.29, 1.82) is 0 Å². The van der Waals surface area contributed by atoms with Crippen LogP contribution in [0.5, 0.6) is 0 Å². The van der Waals surface area contributed by atoms with Crippen LogP contribution in [0, 0.1) is 0 Å². The molecule has 0 radical (unpaired) electrons. The molecule has 0 aromatic heterocycles. The molecule has 0 unspecified atom stereocenters. The minimum Gasteiger partial charge on any atom is -0.367 e. The Morgan fingerprint density at radius 2 is 1.85 bits per heavy atom. The summed E-state index contributed by atoms with van der Waals surface area (Å²) in [5.41, 5.74) is 8.17. The molecule has 5 rings (SSSR count). The van der Waals surface area contributed by atoms with E-state index in [-0.39, 0.29) is 0 Å². The molecule has 0 N–H and O–H groups in total. The van der Waals surface area contributed by atoms with E-state index in [1.165, 1.54) is 68.6 Å². The Labute approximate surface area is 198 Å². The summed E-state index contributed by atoms with van der Waals surface area (Å²) in [4.78, 5) is 17.1. The summed E-state index contributed by atoms with van der Waals surface area (Å²) < 4.78 is 0. The van der Waals surface area contributed by atoms with Gasteiger partial charge in [-0.25, -0.2) is 4.99 Å². The minimum atomic E-state index is 0.721. The molecule has 4 heterocycles. The quantitative estimate of drug-likeness (QED) is 0.433. The normalized spacial score (nSPS) is 24.6. The molecule has 174 valence electrons. The van der Waals surface area contributed by atoms with Crippen LogP contribution in [0.2, 0.25) is 0 Å². The van der Waals surface area contributed by atoms with E-state index in [1.807, 2.05) is 14.0 Å². The van der Waals surface area contributed by atoms with Crippen molar-refractivity contribution in [2.75, 3.05) is 33.2 Å². The van der Waals surface area contributed by atoms with Gasteiger partial charge in [0, 0.05) is 38.1 Å². The van der Waals surface area contributed by atoms with Gasteiger partial charge in [-0.15, -0.1) is 0 Å². The van der Waals surface area contributed by atoms with E-state index in [0.717, 1.165) is 47.5 Å². The molecular weight excluding hydrogens is 406 g/mol. The van der Waals surface area contributed by atoms with Gasteiger partial charge in [0.1, 0.15) is 5.84 Å². The largest absolute Gasteiger partial charge is 0.367 e. The van der Waals surface area contributed by atoms with Crippen molar-refractivity contribution >= 4 is 11.5 Å². The molecule has 1 aliphatic carbocycles. The third-order valence-corrected chi connectivity index (χ3v) is 7.66. The molecule has 0 aromatic rings. The first kappa shape index (κ1) is 22.1. The monoisotopic (exact) mass is 443 g/mol. The molecule has 0 amide bonds. The summed E-state index contributed by atoms with van der Waals surface area (Å²) in [6.07, 6.45) is 18.8. The van der Waals surface area contributed by atoms with Gasteiger partial charge in [0.05, 0.1) is 17.1 Å². The van der Waals surface area contributed by atoms with Gasteiger partial charge in [-0.3, -0.25) is 14.8 Å². The maximum Gasteiger partial charge on any atom is 0.137 e. The zero-order chi connectivity index (χ0) is 22.9. The summed E-state index contributed by atoms with van der Waals surface area (Å²) in [6, 6.07) is 0.721. The highest BCUT2D eigenvalue weighted by Crippen LogP contribution is 2.36. The van der Waals surface area contributed by atoms with E-state index >= 15 is 0 Å². The molecule has 0 aromatic carbocycles. The molecule has 1 saturated carbocycles. The molecule has 5 nitrogen and oxygen atoms in total. The second-order valence-electron chi connectivity index (χ2n) is 9.97. The van der Waals surface area contributed by atoms with E-state index in [2.05, 4.69) is 63.7 Å². The van der Waals surface area contributed by atoms with Crippen LogP contribution in [-0.4, -0.2) is 65.5 Å². The fraction of sp³-hybridized carbons (Fsp3) is 0.500. The van der Waals surface area contributed by atoms with Crippen LogP contribution in [0.3, 0.4) is 0 Å². The molecule has 5 heteroatoms. The van der Waals surface area contributed by atoms with Gasteiger partial charge in [0.2, 0.25) is 0 Å². The Morgan fingerprint density at radius 3 is 2.48 bits per heavy atom. The zero-order valence-electron chi connectivity index (χ0n) is 20.5. The first-order valence-electron chi connectivity index (χ1n) is 12.6. The predicted molar refractivity (Wildman–Crippen MR) is 138 cm³/mol. The number of allylic oxidation sites excluding steroid dienone is 6. The number of nitrogens with zero attached hydrogens (tertiary/aromatic N) is 5. The van der Waals surface area contributed by atoms with E-state index in [9.17, 15) is 0 Å². The number of fused-ring (bicyclic) bond motifs is 1. The number of hydrogen-bond donors (Lipinski definition) is 0. The molecule has 33 heavy (non-hydrogen) atoms. The second-order valence-corrected chi connectivity index (χ2v) is 9.97. The molecule has 0 spiro atoms. The molecular formula is C28H37N5. The number of likely N-dealkylation sites (tertiary alicyclic amines) is 2. The first-order valence-corrected chi connectivity index (χ1v) is 12.6. The van der Waals surface area contributed by atoms with Crippen LogP contribution in [0.15, 0.2) is 80.9 Å². The Balaban J connectivity index is 1.37. The maximum absolute atomic E-state index is 5.01. The third kappa shape index (κ3) is 4.43. The lowest BCUT2D eigenvalue weighted by Gasteiger charge is -2.49. The first-order chi connectivity index (χ1) is 16.0. The summed E-state index contributed by atoms with van der Waals surface area (Å²) in [6.45, 7) is 13.0. The van der Waals surface area contributed by atoms with Crippen molar-refractivity contribution in [1.82, 2.24) is 14.7 Å². The van der Waals surface area contributed by atoms with Gasteiger partial charge in [-0.1, -0.05) is 18.6 Å². The van der Waals surface area contributed by atoms with Gasteiger partial charge >= 0.3 is 0 Å².